The molecule has 1 aromatic heterocycles. The smallest absolute Gasteiger partial charge is 0.164 e. The van der Waals surface area contributed by atoms with Crippen LogP contribution in [-0.4, -0.2) is 18.4 Å². The van der Waals surface area contributed by atoms with Crippen LogP contribution in [0.1, 0.15) is 47.3 Å². The van der Waals surface area contributed by atoms with Crippen molar-refractivity contribution in [3.05, 3.63) is 21.9 Å². The topological polar surface area (TPSA) is 29.1 Å². The molecular formula is C13H19NOS. The largest absolute Gasteiger partial charge is 0.314 e. The van der Waals surface area contributed by atoms with Gasteiger partial charge in [0.2, 0.25) is 0 Å². The summed E-state index contributed by atoms with van der Waals surface area (Å²) in [6, 6.07) is 2.52. The lowest BCUT2D eigenvalue weighted by Crippen LogP contribution is -2.34. The van der Waals surface area contributed by atoms with Gasteiger partial charge in [0.05, 0.1) is 0 Å². The van der Waals surface area contributed by atoms with Crippen LogP contribution < -0.4 is 5.32 Å². The average Bonchev–Trinajstić information content (AvgIpc) is 2.74. The first-order valence-corrected chi connectivity index (χ1v) is 6.96. The summed E-state index contributed by atoms with van der Waals surface area (Å²) in [5.41, 5.74) is 0.931. The fraction of sp³-hybridized carbons (Fsp3) is 0.615. The van der Waals surface area contributed by atoms with Gasteiger partial charge in [0.15, 0.2) is 5.78 Å². The number of ketones is 1. The lowest BCUT2D eigenvalue weighted by Gasteiger charge is -2.22. The zero-order chi connectivity index (χ0) is 11.4. The van der Waals surface area contributed by atoms with Crippen molar-refractivity contribution in [1.29, 1.82) is 0 Å². The van der Waals surface area contributed by atoms with E-state index in [2.05, 4.69) is 5.32 Å². The van der Waals surface area contributed by atoms with Crippen LogP contribution in [0.4, 0.5) is 0 Å². The molecule has 1 N–H and O–H groups in total. The Morgan fingerprint density at radius 1 is 1.56 bits per heavy atom. The highest BCUT2D eigenvalue weighted by atomic mass is 32.1. The molecule has 1 atom stereocenters. The molecule has 2 heterocycles. The van der Waals surface area contributed by atoms with E-state index in [9.17, 15) is 4.79 Å². The number of carbonyl (C=O) groups is 1. The Morgan fingerprint density at radius 2 is 2.44 bits per heavy atom. The second-order valence-corrected chi connectivity index (χ2v) is 5.62. The summed E-state index contributed by atoms with van der Waals surface area (Å²) in [4.78, 5) is 13.1. The molecule has 88 valence electrons. The number of aryl methyl sites for hydroxylation is 1. The van der Waals surface area contributed by atoms with Crippen LogP contribution in [0, 0.1) is 6.92 Å². The summed E-state index contributed by atoms with van der Waals surface area (Å²) in [6.07, 6.45) is 5.51. The van der Waals surface area contributed by atoms with E-state index in [4.69, 9.17) is 0 Å². The van der Waals surface area contributed by atoms with Gasteiger partial charge in [0.25, 0.3) is 0 Å². The zero-order valence-corrected chi connectivity index (χ0v) is 10.6. The van der Waals surface area contributed by atoms with Crippen LogP contribution >= 0.6 is 11.3 Å². The number of thiophene rings is 1. The minimum Gasteiger partial charge on any atom is -0.314 e. The number of nitrogens with one attached hydrogen (secondary N) is 1. The van der Waals surface area contributed by atoms with Gasteiger partial charge in [-0.05, 0) is 44.2 Å². The molecule has 1 saturated heterocycles. The van der Waals surface area contributed by atoms with Gasteiger partial charge in [0.1, 0.15) is 0 Å². The summed E-state index contributed by atoms with van der Waals surface area (Å²) in [6.45, 7) is 3.15. The Hall–Kier alpha value is -0.670. The van der Waals surface area contributed by atoms with Crippen molar-refractivity contribution in [1.82, 2.24) is 5.32 Å². The Morgan fingerprint density at radius 3 is 3.06 bits per heavy atom. The monoisotopic (exact) mass is 237 g/mol. The minimum absolute atomic E-state index is 0.311. The van der Waals surface area contributed by atoms with Gasteiger partial charge >= 0.3 is 0 Å². The van der Waals surface area contributed by atoms with Crippen molar-refractivity contribution in [2.24, 2.45) is 0 Å². The summed E-state index contributed by atoms with van der Waals surface area (Å²) >= 11 is 1.66. The van der Waals surface area contributed by atoms with Crippen molar-refractivity contribution >= 4 is 17.1 Å². The van der Waals surface area contributed by atoms with E-state index < -0.39 is 0 Å². The summed E-state index contributed by atoms with van der Waals surface area (Å²) in [5, 5.41) is 5.49. The number of piperidine rings is 1. The highest BCUT2D eigenvalue weighted by molar-refractivity contribution is 7.10. The molecular weight excluding hydrogens is 218 g/mol. The molecule has 2 nitrogen and oxygen atoms in total. The number of Topliss-reactive ketones (excluding diaryl/α,β-unsaturated/α-hetero) is 1. The standard InChI is InChI=1S/C13H19NOS/c1-10-12(7-9-16-10)13(15)6-5-11-4-2-3-8-14-11/h7,9,11,14H,2-6,8H2,1H3. The van der Waals surface area contributed by atoms with E-state index in [0.29, 0.717) is 18.2 Å². The van der Waals surface area contributed by atoms with Crippen LogP contribution in [0.2, 0.25) is 0 Å². The second kappa shape index (κ2) is 5.60. The molecule has 0 amide bonds. The number of rotatable bonds is 4. The molecule has 0 bridgehead atoms. The highest BCUT2D eigenvalue weighted by Gasteiger charge is 2.15. The molecule has 1 aliphatic heterocycles. The fourth-order valence-corrected chi connectivity index (χ4v) is 3.00. The zero-order valence-electron chi connectivity index (χ0n) is 9.79. The molecule has 1 unspecified atom stereocenters. The Balaban J connectivity index is 1.81. The van der Waals surface area contributed by atoms with Crippen molar-refractivity contribution in [2.45, 2.75) is 45.1 Å². The van der Waals surface area contributed by atoms with Gasteiger partial charge < -0.3 is 5.32 Å². The van der Waals surface area contributed by atoms with Gasteiger partial charge in [-0.15, -0.1) is 11.3 Å². The predicted molar refractivity (Wildman–Crippen MR) is 68.3 cm³/mol. The normalized spacial score (nSPS) is 20.9. The molecule has 0 spiro atoms. The second-order valence-electron chi connectivity index (χ2n) is 4.50. The van der Waals surface area contributed by atoms with Crippen molar-refractivity contribution < 1.29 is 4.79 Å². The number of carbonyl (C=O) groups excluding carboxylic acids is 1. The molecule has 0 aliphatic carbocycles. The average molecular weight is 237 g/mol. The Kier molecular flexibility index (Phi) is 4.13. The first-order valence-electron chi connectivity index (χ1n) is 6.08. The highest BCUT2D eigenvalue weighted by Crippen LogP contribution is 2.19. The van der Waals surface area contributed by atoms with Crippen molar-refractivity contribution in [3.8, 4) is 0 Å². The van der Waals surface area contributed by atoms with Gasteiger partial charge in [0, 0.05) is 22.9 Å². The van der Waals surface area contributed by atoms with Crippen LogP contribution in [0.25, 0.3) is 0 Å². The van der Waals surface area contributed by atoms with Gasteiger partial charge in [-0.25, -0.2) is 0 Å². The first kappa shape index (κ1) is 11.8. The molecule has 0 saturated carbocycles. The van der Waals surface area contributed by atoms with E-state index >= 15 is 0 Å². The lowest BCUT2D eigenvalue weighted by atomic mass is 9.98. The van der Waals surface area contributed by atoms with Gasteiger partial charge in [-0.2, -0.15) is 0 Å². The molecule has 16 heavy (non-hydrogen) atoms. The fourth-order valence-electron chi connectivity index (χ4n) is 2.28. The summed E-state index contributed by atoms with van der Waals surface area (Å²) in [7, 11) is 0. The molecule has 1 fully saturated rings. The molecule has 0 radical (unpaired) electrons. The van der Waals surface area contributed by atoms with Gasteiger partial charge in [-0.1, -0.05) is 6.42 Å². The third-order valence-electron chi connectivity index (χ3n) is 3.29. The number of hydrogen-bond donors (Lipinski definition) is 1. The lowest BCUT2D eigenvalue weighted by molar-refractivity contribution is 0.0974. The van der Waals surface area contributed by atoms with Crippen LogP contribution in [0.5, 0.6) is 0 Å². The maximum Gasteiger partial charge on any atom is 0.164 e. The van der Waals surface area contributed by atoms with Crippen molar-refractivity contribution in [2.75, 3.05) is 6.54 Å². The predicted octanol–water partition coefficient (Wildman–Crippen LogP) is 3.16. The summed E-state index contributed by atoms with van der Waals surface area (Å²) in [5.74, 6) is 0.311. The number of hydrogen-bond acceptors (Lipinski definition) is 3. The SMILES string of the molecule is Cc1sccc1C(=O)CCC1CCCCN1. The van der Waals surface area contributed by atoms with Crippen LogP contribution in [0.3, 0.4) is 0 Å². The molecule has 1 aliphatic rings. The minimum atomic E-state index is 0.311. The van der Waals surface area contributed by atoms with E-state index in [1.54, 1.807) is 11.3 Å². The van der Waals surface area contributed by atoms with E-state index in [1.165, 1.54) is 19.3 Å². The third-order valence-corrected chi connectivity index (χ3v) is 4.14. The van der Waals surface area contributed by atoms with E-state index in [1.807, 2.05) is 18.4 Å². The maximum absolute atomic E-state index is 11.9. The Bertz CT molecular complexity index is 353. The van der Waals surface area contributed by atoms with E-state index in [-0.39, 0.29) is 0 Å². The third kappa shape index (κ3) is 2.92. The van der Waals surface area contributed by atoms with Crippen LogP contribution in [-0.2, 0) is 0 Å². The van der Waals surface area contributed by atoms with Gasteiger partial charge in [-0.3, -0.25) is 4.79 Å². The molecule has 2 rings (SSSR count). The molecule has 3 heteroatoms. The van der Waals surface area contributed by atoms with E-state index in [0.717, 1.165) is 23.4 Å². The summed E-state index contributed by atoms with van der Waals surface area (Å²) < 4.78 is 0. The maximum atomic E-state index is 11.9. The molecule has 0 aromatic carbocycles. The van der Waals surface area contributed by atoms with Crippen molar-refractivity contribution in [3.63, 3.8) is 0 Å². The molecule has 1 aromatic rings. The quantitative estimate of drug-likeness (QED) is 0.815. The first-order chi connectivity index (χ1) is 7.77. The Labute approximate surface area is 101 Å². The van der Waals surface area contributed by atoms with Crippen LogP contribution in [0.15, 0.2) is 11.4 Å².